The highest BCUT2D eigenvalue weighted by atomic mass is 16.1. The molecule has 3 nitrogen and oxygen atoms in total. The van der Waals surface area contributed by atoms with Crippen LogP contribution in [0.5, 0.6) is 0 Å². The molecule has 0 saturated carbocycles. The van der Waals surface area contributed by atoms with Crippen molar-refractivity contribution in [2.24, 2.45) is 0 Å². The molecule has 0 spiro atoms. The smallest absolute Gasteiger partial charge is 0.226 e. The second-order valence-electron chi connectivity index (χ2n) is 3.76. The van der Waals surface area contributed by atoms with Crippen LogP contribution in [0.1, 0.15) is 34.1 Å². The lowest BCUT2D eigenvalue weighted by atomic mass is 10.1. The summed E-state index contributed by atoms with van der Waals surface area (Å²) in [6.45, 7) is 7.39. The Hall–Kier alpha value is -0.860. The summed E-state index contributed by atoms with van der Waals surface area (Å²) < 4.78 is 0. The molecular weight excluding hydrogens is 140 g/mol. The van der Waals surface area contributed by atoms with Crippen LogP contribution >= 0.6 is 0 Å². The Morgan fingerprint density at radius 3 is 2.18 bits per heavy atom. The molecule has 1 amide bonds. The van der Waals surface area contributed by atoms with Crippen molar-refractivity contribution < 1.29 is 4.79 Å². The van der Waals surface area contributed by atoms with E-state index in [1.165, 1.54) is 0 Å². The standard InChI is InChI=1S/C8H16N2O/c1-6(9)5-7(11)10-8(2,3)4/h9H,5H2,1-4H3,(H,10,11). The molecule has 0 saturated heterocycles. The number of carbonyl (C=O) groups is 1. The third-order valence-electron chi connectivity index (χ3n) is 0.940. The number of rotatable bonds is 2. The molecule has 0 rings (SSSR count). The van der Waals surface area contributed by atoms with Gasteiger partial charge in [-0.15, -0.1) is 0 Å². The average Bonchev–Trinajstić information content (AvgIpc) is 1.53. The van der Waals surface area contributed by atoms with E-state index in [0.29, 0.717) is 5.71 Å². The number of hydrogen-bond donors (Lipinski definition) is 2. The van der Waals surface area contributed by atoms with Crippen LogP contribution in [0.2, 0.25) is 0 Å². The van der Waals surface area contributed by atoms with Crippen LogP contribution in [-0.4, -0.2) is 17.2 Å². The molecule has 0 unspecified atom stereocenters. The van der Waals surface area contributed by atoms with Gasteiger partial charge in [0.05, 0.1) is 6.42 Å². The van der Waals surface area contributed by atoms with E-state index in [-0.39, 0.29) is 17.9 Å². The van der Waals surface area contributed by atoms with E-state index in [1.807, 2.05) is 20.8 Å². The van der Waals surface area contributed by atoms with Crippen LogP contribution in [0.4, 0.5) is 0 Å². The normalized spacial score (nSPS) is 10.9. The maximum absolute atomic E-state index is 11.0. The molecule has 0 aliphatic carbocycles. The van der Waals surface area contributed by atoms with Crippen molar-refractivity contribution in [2.45, 2.75) is 39.7 Å². The van der Waals surface area contributed by atoms with Gasteiger partial charge < -0.3 is 10.7 Å². The van der Waals surface area contributed by atoms with Gasteiger partial charge in [-0.1, -0.05) is 0 Å². The highest BCUT2D eigenvalue weighted by Gasteiger charge is 2.13. The predicted octanol–water partition coefficient (Wildman–Crippen LogP) is 1.33. The minimum absolute atomic E-state index is 0.0787. The van der Waals surface area contributed by atoms with Gasteiger partial charge in [-0.2, -0.15) is 0 Å². The minimum atomic E-state index is -0.188. The molecule has 0 heterocycles. The van der Waals surface area contributed by atoms with Crippen molar-refractivity contribution in [1.29, 1.82) is 5.41 Å². The summed E-state index contributed by atoms with van der Waals surface area (Å²) in [6, 6.07) is 0. The van der Waals surface area contributed by atoms with Crippen molar-refractivity contribution in [3.05, 3.63) is 0 Å². The molecule has 0 bridgehead atoms. The monoisotopic (exact) mass is 156 g/mol. The molecule has 2 N–H and O–H groups in total. The zero-order chi connectivity index (χ0) is 9.07. The summed E-state index contributed by atoms with van der Waals surface area (Å²) in [6.07, 6.45) is 0.206. The summed E-state index contributed by atoms with van der Waals surface area (Å²) in [5.74, 6) is -0.0787. The molecule has 0 radical (unpaired) electrons. The van der Waals surface area contributed by atoms with Gasteiger partial charge in [0, 0.05) is 11.3 Å². The molecule has 3 heteroatoms. The first-order valence-corrected chi connectivity index (χ1v) is 3.66. The molecule has 0 fully saturated rings. The van der Waals surface area contributed by atoms with Gasteiger partial charge in [0.1, 0.15) is 0 Å². The van der Waals surface area contributed by atoms with Crippen molar-refractivity contribution in [3.63, 3.8) is 0 Å². The number of carbonyl (C=O) groups excluding carboxylic acids is 1. The number of nitrogens with one attached hydrogen (secondary N) is 2. The average molecular weight is 156 g/mol. The summed E-state index contributed by atoms with van der Waals surface area (Å²) in [5.41, 5.74) is 0.207. The molecule has 0 aromatic heterocycles. The van der Waals surface area contributed by atoms with Crippen LogP contribution in [0.15, 0.2) is 0 Å². The van der Waals surface area contributed by atoms with Crippen LogP contribution in [-0.2, 0) is 4.79 Å². The summed E-state index contributed by atoms with van der Waals surface area (Å²) in [5, 5.41) is 9.84. The highest BCUT2D eigenvalue weighted by Crippen LogP contribution is 1.98. The Kier molecular flexibility index (Phi) is 3.23. The lowest BCUT2D eigenvalue weighted by molar-refractivity contribution is -0.121. The predicted molar refractivity (Wildman–Crippen MR) is 45.9 cm³/mol. The summed E-state index contributed by atoms with van der Waals surface area (Å²) >= 11 is 0. The largest absolute Gasteiger partial charge is 0.351 e. The second-order valence-corrected chi connectivity index (χ2v) is 3.76. The maximum atomic E-state index is 11.0. The number of amides is 1. The fraction of sp³-hybridized carbons (Fsp3) is 0.750. The van der Waals surface area contributed by atoms with E-state index in [0.717, 1.165) is 0 Å². The van der Waals surface area contributed by atoms with Crippen LogP contribution < -0.4 is 5.32 Å². The van der Waals surface area contributed by atoms with E-state index in [2.05, 4.69) is 5.32 Å². The van der Waals surface area contributed by atoms with Gasteiger partial charge in [-0.05, 0) is 27.7 Å². The van der Waals surface area contributed by atoms with Crippen LogP contribution in [0.25, 0.3) is 0 Å². The second kappa shape index (κ2) is 3.51. The molecule has 0 aromatic rings. The zero-order valence-electron chi connectivity index (χ0n) is 7.62. The molecule has 11 heavy (non-hydrogen) atoms. The van der Waals surface area contributed by atoms with Gasteiger partial charge in [0.15, 0.2) is 0 Å². The first kappa shape index (κ1) is 10.1. The van der Waals surface area contributed by atoms with Crippen LogP contribution in [0.3, 0.4) is 0 Å². The van der Waals surface area contributed by atoms with E-state index in [1.54, 1.807) is 6.92 Å². The Bertz CT molecular complexity index is 167. The fourth-order valence-corrected chi connectivity index (χ4v) is 0.703. The quantitative estimate of drug-likeness (QED) is 0.582. The lowest BCUT2D eigenvalue weighted by Crippen LogP contribution is -2.41. The van der Waals surface area contributed by atoms with Crippen molar-refractivity contribution in [2.75, 3.05) is 0 Å². The Labute approximate surface area is 67.7 Å². The Morgan fingerprint density at radius 2 is 1.91 bits per heavy atom. The van der Waals surface area contributed by atoms with Gasteiger partial charge in [-0.25, -0.2) is 0 Å². The molecule has 0 aliphatic heterocycles. The molecule has 0 aliphatic rings. The van der Waals surface area contributed by atoms with Gasteiger partial charge in [0.25, 0.3) is 0 Å². The molecule has 64 valence electrons. The first-order chi connectivity index (χ1) is 4.81. The Balaban J connectivity index is 3.80. The topological polar surface area (TPSA) is 53.0 Å². The summed E-state index contributed by atoms with van der Waals surface area (Å²) in [4.78, 5) is 11.0. The van der Waals surface area contributed by atoms with Crippen molar-refractivity contribution in [3.8, 4) is 0 Å². The van der Waals surface area contributed by atoms with E-state index >= 15 is 0 Å². The van der Waals surface area contributed by atoms with E-state index in [9.17, 15) is 4.79 Å². The van der Waals surface area contributed by atoms with Gasteiger partial charge >= 0.3 is 0 Å². The van der Waals surface area contributed by atoms with Gasteiger partial charge in [0.2, 0.25) is 5.91 Å². The molecular formula is C8H16N2O. The molecule has 0 atom stereocenters. The minimum Gasteiger partial charge on any atom is -0.351 e. The van der Waals surface area contributed by atoms with Gasteiger partial charge in [-0.3, -0.25) is 4.79 Å². The summed E-state index contributed by atoms with van der Waals surface area (Å²) in [7, 11) is 0. The maximum Gasteiger partial charge on any atom is 0.226 e. The fourth-order valence-electron chi connectivity index (χ4n) is 0.703. The number of hydrogen-bond acceptors (Lipinski definition) is 2. The third-order valence-corrected chi connectivity index (χ3v) is 0.940. The zero-order valence-corrected chi connectivity index (χ0v) is 7.62. The van der Waals surface area contributed by atoms with Crippen molar-refractivity contribution in [1.82, 2.24) is 5.32 Å². The molecule has 0 aromatic carbocycles. The van der Waals surface area contributed by atoms with E-state index < -0.39 is 0 Å². The lowest BCUT2D eigenvalue weighted by Gasteiger charge is -2.20. The van der Waals surface area contributed by atoms with Crippen LogP contribution in [0, 0.1) is 5.41 Å². The highest BCUT2D eigenvalue weighted by molar-refractivity contribution is 5.98. The van der Waals surface area contributed by atoms with E-state index in [4.69, 9.17) is 5.41 Å². The Morgan fingerprint density at radius 1 is 1.45 bits per heavy atom. The SMILES string of the molecule is CC(=N)CC(=O)NC(C)(C)C. The first-order valence-electron chi connectivity index (χ1n) is 3.66. The van der Waals surface area contributed by atoms with Crippen molar-refractivity contribution >= 4 is 11.6 Å². The third kappa shape index (κ3) is 7.03.